The SMILES string of the molecule is Cc1c([C@@H]2[C@H](c3ccccn3)N=C3S[C@H](C)CN32)c(C)n(-c2ccccc2)c1C. The highest BCUT2D eigenvalue weighted by Crippen LogP contribution is 2.50. The molecule has 0 aliphatic carbocycles. The second-order valence-corrected chi connectivity index (χ2v) is 9.42. The van der Waals surface area contributed by atoms with Crippen LogP contribution in [0.4, 0.5) is 0 Å². The molecule has 0 N–H and O–H groups in total. The zero-order valence-electron chi connectivity index (χ0n) is 17.3. The molecule has 5 heteroatoms. The van der Waals surface area contributed by atoms with Crippen molar-refractivity contribution >= 4 is 16.9 Å². The Balaban J connectivity index is 1.67. The van der Waals surface area contributed by atoms with Gasteiger partial charge in [-0.1, -0.05) is 43.0 Å². The first kappa shape index (κ1) is 18.5. The molecule has 5 rings (SSSR count). The maximum absolute atomic E-state index is 5.16. The standard InChI is InChI=1S/C24H26N4S/c1-15-14-27-23(22(26-24(27)29-15)20-12-8-9-13-25-20)21-16(2)17(3)28(18(21)4)19-10-6-5-7-11-19/h5-13,15,22-23H,14H2,1-4H3/t15-,22+,23-/m1/s1. The van der Waals surface area contributed by atoms with E-state index in [0.29, 0.717) is 5.25 Å². The lowest BCUT2D eigenvalue weighted by molar-refractivity contribution is 0.319. The van der Waals surface area contributed by atoms with E-state index in [1.165, 1.54) is 33.4 Å². The van der Waals surface area contributed by atoms with Crippen LogP contribution in [0, 0.1) is 20.8 Å². The van der Waals surface area contributed by atoms with E-state index in [1.807, 2.05) is 24.0 Å². The Morgan fingerprint density at radius 3 is 2.45 bits per heavy atom. The molecule has 0 unspecified atom stereocenters. The maximum atomic E-state index is 5.16. The molecule has 3 atom stereocenters. The topological polar surface area (TPSA) is 33.4 Å². The third kappa shape index (κ3) is 2.91. The summed E-state index contributed by atoms with van der Waals surface area (Å²) in [6, 6.07) is 17.0. The summed E-state index contributed by atoms with van der Waals surface area (Å²) in [4.78, 5) is 12.3. The zero-order chi connectivity index (χ0) is 20.1. The van der Waals surface area contributed by atoms with Crippen molar-refractivity contribution in [1.29, 1.82) is 0 Å². The highest BCUT2D eigenvalue weighted by molar-refractivity contribution is 8.14. The van der Waals surface area contributed by atoms with Gasteiger partial charge in [-0.2, -0.15) is 0 Å². The Morgan fingerprint density at radius 1 is 0.966 bits per heavy atom. The summed E-state index contributed by atoms with van der Waals surface area (Å²) in [5, 5.41) is 1.74. The number of fused-ring (bicyclic) bond motifs is 1. The molecular weight excluding hydrogens is 376 g/mol. The van der Waals surface area contributed by atoms with Gasteiger partial charge in [0, 0.05) is 40.6 Å². The van der Waals surface area contributed by atoms with Gasteiger partial charge < -0.3 is 9.47 Å². The van der Waals surface area contributed by atoms with Crippen molar-refractivity contribution in [2.75, 3.05) is 6.54 Å². The quantitative estimate of drug-likeness (QED) is 0.589. The van der Waals surface area contributed by atoms with Crippen molar-refractivity contribution in [3.05, 3.63) is 82.9 Å². The molecule has 0 saturated carbocycles. The van der Waals surface area contributed by atoms with Crippen LogP contribution in [0.2, 0.25) is 0 Å². The first-order chi connectivity index (χ1) is 14.1. The summed E-state index contributed by atoms with van der Waals surface area (Å²) < 4.78 is 2.39. The molecule has 0 radical (unpaired) electrons. The largest absolute Gasteiger partial charge is 0.341 e. The fraction of sp³-hybridized carbons (Fsp3) is 0.333. The fourth-order valence-corrected chi connectivity index (χ4v) is 5.93. The molecule has 2 aliphatic rings. The Labute approximate surface area is 176 Å². The van der Waals surface area contributed by atoms with Crippen molar-refractivity contribution < 1.29 is 0 Å². The number of rotatable bonds is 3. The Bertz CT molecular complexity index is 1070. The third-order valence-corrected chi connectivity index (χ3v) is 7.30. The van der Waals surface area contributed by atoms with E-state index < -0.39 is 0 Å². The molecule has 4 heterocycles. The van der Waals surface area contributed by atoms with E-state index in [-0.39, 0.29) is 12.1 Å². The van der Waals surface area contributed by atoms with Gasteiger partial charge in [0.25, 0.3) is 0 Å². The van der Waals surface area contributed by atoms with Gasteiger partial charge >= 0.3 is 0 Å². The van der Waals surface area contributed by atoms with Crippen molar-refractivity contribution in [1.82, 2.24) is 14.5 Å². The molecule has 148 valence electrons. The second kappa shape index (κ2) is 7.06. The maximum Gasteiger partial charge on any atom is 0.160 e. The van der Waals surface area contributed by atoms with Gasteiger partial charge in [-0.05, 0) is 50.6 Å². The van der Waals surface area contributed by atoms with Gasteiger partial charge in [0.05, 0.1) is 11.7 Å². The lowest BCUT2D eigenvalue weighted by Gasteiger charge is -2.28. The van der Waals surface area contributed by atoms with Crippen molar-refractivity contribution in [2.45, 2.75) is 45.0 Å². The van der Waals surface area contributed by atoms with E-state index in [9.17, 15) is 0 Å². The molecule has 1 aromatic carbocycles. The fourth-order valence-electron chi connectivity index (χ4n) is 4.84. The number of thioether (sulfide) groups is 1. The molecule has 0 spiro atoms. The summed E-state index contributed by atoms with van der Waals surface area (Å²) in [6.07, 6.45) is 1.88. The zero-order valence-corrected chi connectivity index (χ0v) is 18.1. The van der Waals surface area contributed by atoms with Crippen LogP contribution in [-0.2, 0) is 0 Å². The van der Waals surface area contributed by atoms with Crippen LogP contribution in [-0.4, -0.2) is 31.4 Å². The van der Waals surface area contributed by atoms with E-state index in [4.69, 9.17) is 4.99 Å². The van der Waals surface area contributed by atoms with E-state index in [0.717, 1.165) is 12.2 Å². The Morgan fingerprint density at radius 2 is 1.72 bits per heavy atom. The average Bonchev–Trinajstić information content (AvgIpc) is 3.33. The lowest BCUT2D eigenvalue weighted by Crippen LogP contribution is -2.29. The van der Waals surface area contributed by atoms with Gasteiger partial charge in [0.2, 0.25) is 0 Å². The Kier molecular flexibility index (Phi) is 4.50. The minimum atomic E-state index is 0.0367. The van der Waals surface area contributed by atoms with Crippen LogP contribution in [0.5, 0.6) is 0 Å². The van der Waals surface area contributed by atoms with E-state index >= 15 is 0 Å². The van der Waals surface area contributed by atoms with Crippen LogP contribution < -0.4 is 0 Å². The highest BCUT2D eigenvalue weighted by Gasteiger charge is 2.45. The minimum absolute atomic E-state index is 0.0367. The normalized spacial score (nSPS) is 23.4. The van der Waals surface area contributed by atoms with Gasteiger partial charge in [0.15, 0.2) is 5.17 Å². The number of pyridine rings is 1. The first-order valence-electron chi connectivity index (χ1n) is 10.2. The van der Waals surface area contributed by atoms with E-state index in [2.05, 4.69) is 84.6 Å². The van der Waals surface area contributed by atoms with Gasteiger partial charge in [-0.15, -0.1) is 0 Å². The number of aromatic nitrogens is 2. The smallest absolute Gasteiger partial charge is 0.160 e. The van der Waals surface area contributed by atoms with Crippen LogP contribution in [0.15, 0.2) is 59.7 Å². The highest BCUT2D eigenvalue weighted by atomic mass is 32.2. The number of benzene rings is 1. The molecule has 0 bridgehead atoms. The van der Waals surface area contributed by atoms with E-state index in [1.54, 1.807) is 0 Å². The number of hydrogen-bond donors (Lipinski definition) is 0. The molecule has 29 heavy (non-hydrogen) atoms. The summed E-state index contributed by atoms with van der Waals surface area (Å²) in [6.45, 7) is 10.1. The summed E-state index contributed by atoms with van der Waals surface area (Å²) in [5.41, 5.74) is 7.63. The number of aliphatic imine (C=N–C) groups is 1. The van der Waals surface area contributed by atoms with Crippen LogP contribution in [0.1, 0.15) is 47.2 Å². The first-order valence-corrected chi connectivity index (χ1v) is 11.1. The molecule has 3 aromatic rings. The van der Waals surface area contributed by atoms with Crippen LogP contribution in [0.25, 0.3) is 5.69 Å². The molecule has 1 fully saturated rings. The summed E-state index contributed by atoms with van der Waals surface area (Å²) in [5.74, 6) is 0. The van der Waals surface area contributed by atoms with Crippen LogP contribution >= 0.6 is 11.8 Å². The monoisotopic (exact) mass is 402 g/mol. The lowest BCUT2D eigenvalue weighted by atomic mass is 9.93. The van der Waals surface area contributed by atoms with Gasteiger partial charge in [0.1, 0.15) is 6.04 Å². The van der Waals surface area contributed by atoms with Crippen molar-refractivity contribution in [2.24, 2.45) is 4.99 Å². The number of nitrogens with zero attached hydrogens (tertiary/aromatic N) is 4. The molecular formula is C24H26N4S. The van der Waals surface area contributed by atoms with Gasteiger partial charge in [-0.3, -0.25) is 9.98 Å². The molecule has 2 aliphatic heterocycles. The van der Waals surface area contributed by atoms with Crippen molar-refractivity contribution in [3.8, 4) is 5.69 Å². The number of hydrogen-bond acceptors (Lipinski definition) is 4. The van der Waals surface area contributed by atoms with Crippen LogP contribution in [0.3, 0.4) is 0 Å². The molecule has 1 saturated heterocycles. The predicted molar refractivity (Wildman–Crippen MR) is 121 cm³/mol. The number of para-hydroxylation sites is 1. The minimum Gasteiger partial charge on any atom is -0.341 e. The van der Waals surface area contributed by atoms with Gasteiger partial charge in [-0.25, -0.2) is 0 Å². The summed E-state index contributed by atoms with van der Waals surface area (Å²) >= 11 is 1.89. The molecule has 2 aromatic heterocycles. The number of amidine groups is 1. The predicted octanol–water partition coefficient (Wildman–Crippen LogP) is 5.39. The van der Waals surface area contributed by atoms with Crippen molar-refractivity contribution in [3.63, 3.8) is 0 Å². The third-order valence-electron chi connectivity index (χ3n) is 6.20. The Hall–Kier alpha value is -2.53. The second-order valence-electron chi connectivity index (χ2n) is 8.02. The summed E-state index contributed by atoms with van der Waals surface area (Å²) in [7, 11) is 0. The average molecular weight is 403 g/mol. The molecule has 4 nitrogen and oxygen atoms in total. The molecule has 0 amide bonds.